The van der Waals surface area contributed by atoms with Crippen molar-refractivity contribution >= 4 is 22.4 Å². The van der Waals surface area contributed by atoms with Crippen LogP contribution in [0, 0.1) is 0 Å². The van der Waals surface area contributed by atoms with Gasteiger partial charge in [0.2, 0.25) is 5.13 Å². The number of nitrogens with one attached hydrogen (secondary N) is 1. The lowest BCUT2D eigenvalue weighted by Gasteiger charge is -2.13. The van der Waals surface area contributed by atoms with Crippen LogP contribution in [0.1, 0.15) is 60.8 Å². The minimum absolute atomic E-state index is 0.220. The second-order valence-electron chi connectivity index (χ2n) is 6.03. The molecule has 2 aromatic rings. The van der Waals surface area contributed by atoms with Gasteiger partial charge in [-0.15, -0.1) is 10.2 Å². The molecule has 25 heavy (non-hydrogen) atoms. The molecular weight excluding hydrogens is 338 g/mol. The molecule has 0 spiro atoms. The first-order valence-corrected chi connectivity index (χ1v) is 9.57. The third-order valence-corrected chi connectivity index (χ3v) is 4.72. The van der Waals surface area contributed by atoms with Gasteiger partial charge in [0.05, 0.1) is 13.2 Å². The Labute approximate surface area is 151 Å². The SMILES string of the molecule is CCCOc1ccc(C(=O)Nc2nnc(C3CC3)s2)cc1OCCC. The van der Waals surface area contributed by atoms with Crippen molar-refractivity contribution in [3.05, 3.63) is 28.8 Å². The molecule has 6 nitrogen and oxygen atoms in total. The van der Waals surface area contributed by atoms with E-state index in [0.29, 0.717) is 41.3 Å². The average Bonchev–Trinajstić information content (AvgIpc) is 3.38. The van der Waals surface area contributed by atoms with E-state index in [1.807, 2.05) is 13.8 Å². The zero-order chi connectivity index (χ0) is 17.6. The Hall–Kier alpha value is -2.15. The topological polar surface area (TPSA) is 73.3 Å². The minimum Gasteiger partial charge on any atom is -0.490 e. The zero-order valence-electron chi connectivity index (χ0n) is 14.6. The van der Waals surface area contributed by atoms with Gasteiger partial charge in [0.15, 0.2) is 11.5 Å². The van der Waals surface area contributed by atoms with Crippen molar-refractivity contribution < 1.29 is 14.3 Å². The van der Waals surface area contributed by atoms with E-state index in [1.165, 1.54) is 24.2 Å². The van der Waals surface area contributed by atoms with Crippen LogP contribution in [0.4, 0.5) is 5.13 Å². The molecule has 0 saturated heterocycles. The van der Waals surface area contributed by atoms with Crippen molar-refractivity contribution in [2.75, 3.05) is 18.5 Å². The van der Waals surface area contributed by atoms with Crippen LogP contribution in [0.25, 0.3) is 0 Å². The number of carbonyl (C=O) groups is 1. The predicted octanol–water partition coefficient (Wildman–Crippen LogP) is 4.25. The zero-order valence-corrected chi connectivity index (χ0v) is 15.4. The van der Waals surface area contributed by atoms with E-state index in [4.69, 9.17) is 9.47 Å². The number of rotatable bonds is 9. The molecule has 7 heteroatoms. The molecule has 3 rings (SSSR count). The Morgan fingerprint density at radius 1 is 1.16 bits per heavy atom. The number of ether oxygens (including phenoxy) is 2. The van der Waals surface area contributed by atoms with Gasteiger partial charge in [0, 0.05) is 11.5 Å². The maximum atomic E-state index is 12.5. The summed E-state index contributed by atoms with van der Waals surface area (Å²) >= 11 is 1.45. The smallest absolute Gasteiger partial charge is 0.257 e. The molecule has 1 N–H and O–H groups in total. The van der Waals surface area contributed by atoms with E-state index < -0.39 is 0 Å². The van der Waals surface area contributed by atoms with Gasteiger partial charge in [-0.05, 0) is 43.9 Å². The Morgan fingerprint density at radius 2 is 1.88 bits per heavy atom. The Balaban J connectivity index is 1.71. The Kier molecular flexibility index (Phi) is 5.86. The number of amides is 1. The molecule has 1 aliphatic rings. The lowest BCUT2D eigenvalue weighted by molar-refractivity contribution is 0.102. The van der Waals surface area contributed by atoms with E-state index in [-0.39, 0.29) is 5.91 Å². The van der Waals surface area contributed by atoms with Crippen molar-refractivity contribution in [2.45, 2.75) is 45.4 Å². The van der Waals surface area contributed by atoms with E-state index >= 15 is 0 Å². The lowest BCUT2D eigenvalue weighted by Crippen LogP contribution is -2.12. The number of carbonyl (C=O) groups excluding carboxylic acids is 1. The Morgan fingerprint density at radius 3 is 2.56 bits per heavy atom. The van der Waals surface area contributed by atoms with Crippen molar-refractivity contribution in [3.8, 4) is 11.5 Å². The first-order chi connectivity index (χ1) is 12.2. The molecule has 1 aromatic heterocycles. The number of hydrogen-bond donors (Lipinski definition) is 1. The van der Waals surface area contributed by atoms with Crippen LogP contribution in [0.2, 0.25) is 0 Å². The van der Waals surface area contributed by atoms with E-state index in [9.17, 15) is 4.79 Å². The summed E-state index contributed by atoms with van der Waals surface area (Å²) in [7, 11) is 0. The van der Waals surface area contributed by atoms with Crippen molar-refractivity contribution in [1.29, 1.82) is 0 Å². The number of anilines is 1. The van der Waals surface area contributed by atoms with Gasteiger partial charge in [-0.1, -0.05) is 25.2 Å². The van der Waals surface area contributed by atoms with Gasteiger partial charge in [-0.3, -0.25) is 10.1 Å². The van der Waals surface area contributed by atoms with Crippen molar-refractivity contribution in [3.63, 3.8) is 0 Å². The number of benzene rings is 1. The molecule has 1 fully saturated rings. The molecule has 0 aliphatic heterocycles. The highest BCUT2D eigenvalue weighted by atomic mass is 32.1. The number of hydrogen-bond acceptors (Lipinski definition) is 6. The normalized spacial score (nSPS) is 13.5. The van der Waals surface area contributed by atoms with Crippen LogP contribution in [0.15, 0.2) is 18.2 Å². The molecule has 134 valence electrons. The standard InChI is InChI=1S/C18H23N3O3S/c1-3-9-23-14-8-7-13(11-15(14)24-10-4-2)16(22)19-18-21-20-17(25-18)12-5-6-12/h7-8,11-12H,3-6,9-10H2,1-2H3,(H,19,21,22). The second kappa shape index (κ2) is 8.29. The molecule has 1 heterocycles. The van der Waals surface area contributed by atoms with Crippen LogP contribution in [-0.2, 0) is 0 Å². The van der Waals surface area contributed by atoms with Crippen LogP contribution in [0.5, 0.6) is 11.5 Å². The van der Waals surface area contributed by atoms with Crippen LogP contribution >= 0.6 is 11.3 Å². The molecule has 1 amide bonds. The van der Waals surface area contributed by atoms with Gasteiger partial charge in [-0.25, -0.2) is 0 Å². The van der Waals surface area contributed by atoms with Gasteiger partial charge in [-0.2, -0.15) is 0 Å². The summed E-state index contributed by atoms with van der Waals surface area (Å²) in [4.78, 5) is 12.5. The maximum absolute atomic E-state index is 12.5. The van der Waals surface area contributed by atoms with E-state index in [2.05, 4.69) is 15.5 Å². The molecule has 1 aliphatic carbocycles. The Bertz CT molecular complexity index is 728. The number of nitrogens with zero attached hydrogens (tertiary/aromatic N) is 2. The van der Waals surface area contributed by atoms with Gasteiger partial charge >= 0.3 is 0 Å². The van der Waals surface area contributed by atoms with Crippen LogP contribution in [-0.4, -0.2) is 29.3 Å². The van der Waals surface area contributed by atoms with Gasteiger partial charge in [0.1, 0.15) is 5.01 Å². The number of aromatic nitrogens is 2. The lowest BCUT2D eigenvalue weighted by atomic mass is 10.2. The summed E-state index contributed by atoms with van der Waals surface area (Å²) < 4.78 is 11.4. The van der Waals surface area contributed by atoms with Gasteiger partial charge < -0.3 is 9.47 Å². The quantitative estimate of drug-likeness (QED) is 0.723. The summed E-state index contributed by atoms with van der Waals surface area (Å²) in [6.07, 6.45) is 4.13. The molecule has 1 aromatic carbocycles. The molecule has 0 radical (unpaired) electrons. The highest BCUT2D eigenvalue weighted by Gasteiger charge is 2.27. The third kappa shape index (κ3) is 4.69. The summed E-state index contributed by atoms with van der Waals surface area (Å²) in [5, 5.41) is 12.6. The summed E-state index contributed by atoms with van der Waals surface area (Å²) in [5.41, 5.74) is 0.512. The first-order valence-electron chi connectivity index (χ1n) is 8.75. The molecular formula is C18H23N3O3S. The summed E-state index contributed by atoms with van der Waals surface area (Å²) in [6.45, 7) is 5.28. The first kappa shape index (κ1) is 17.7. The van der Waals surface area contributed by atoms with Crippen molar-refractivity contribution in [1.82, 2.24) is 10.2 Å². The largest absolute Gasteiger partial charge is 0.490 e. The predicted molar refractivity (Wildman–Crippen MR) is 97.9 cm³/mol. The average molecular weight is 361 g/mol. The minimum atomic E-state index is -0.220. The highest BCUT2D eigenvalue weighted by Crippen LogP contribution is 2.42. The van der Waals surface area contributed by atoms with Crippen LogP contribution < -0.4 is 14.8 Å². The summed E-state index contributed by atoms with van der Waals surface area (Å²) in [6, 6.07) is 5.24. The fraction of sp³-hybridized carbons (Fsp3) is 0.500. The third-order valence-electron chi connectivity index (χ3n) is 3.72. The maximum Gasteiger partial charge on any atom is 0.257 e. The molecule has 0 bridgehead atoms. The molecule has 0 atom stereocenters. The van der Waals surface area contributed by atoms with E-state index in [0.717, 1.165) is 17.8 Å². The monoisotopic (exact) mass is 361 g/mol. The van der Waals surface area contributed by atoms with Gasteiger partial charge in [0.25, 0.3) is 5.91 Å². The molecule has 0 unspecified atom stereocenters. The molecule has 1 saturated carbocycles. The summed E-state index contributed by atoms with van der Waals surface area (Å²) in [5.74, 6) is 1.58. The van der Waals surface area contributed by atoms with E-state index in [1.54, 1.807) is 18.2 Å². The fourth-order valence-electron chi connectivity index (χ4n) is 2.26. The van der Waals surface area contributed by atoms with Crippen LogP contribution in [0.3, 0.4) is 0 Å². The fourth-order valence-corrected chi connectivity index (χ4v) is 3.16. The second-order valence-corrected chi connectivity index (χ2v) is 7.04. The van der Waals surface area contributed by atoms with Crippen molar-refractivity contribution in [2.24, 2.45) is 0 Å². The highest BCUT2D eigenvalue weighted by molar-refractivity contribution is 7.15.